The Hall–Kier alpha value is -2.69. The van der Waals surface area contributed by atoms with Crippen molar-refractivity contribution in [2.45, 2.75) is 45.6 Å². The molecule has 0 rings (SSSR count). The van der Waals surface area contributed by atoms with Gasteiger partial charge >= 0.3 is 24.0 Å². The summed E-state index contributed by atoms with van der Waals surface area (Å²) in [5.41, 5.74) is -3.26. The van der Waals surface area contributed by atoms with Crippen molar-refractivity contribution < 1.29 is 48.8 Å². The summed E-state index contributed by atoms with van der Waals surface area (Å²) < 4.78 is 9.72. The van der Waals surface area contributed by atoms with Gasteiger partial charge in [0.05, 0.1) is 24.8 Å². The molecule has 0 bridgehead atoms. The molecule has 27 heavy (non-hydrogen) atoms. The minimum atomic E-state index is -2.56. The zero-order chi connectivity index (χ0) is 21.3. The van der Waals surface area contributed by atoms with E-state index in [4.69, 9.17) is 24.8 Å². The Morgan fingerprint density at radius 2 is 1.52 bits per heavy atom. The molecule has 0 aliphatic rings. The topological polar surface area (TPSA) is 177 Å². The molecule has 0 saturated heterocycles. The molecule has 11 nitrogen and oxygen atoms in total. The van der Waals surface area contributed by atoms with Crippen LogP contribution in [0.2, 0.25) is 0 Å². The number of carbonyl (C=O) groups excluding carboxylic acids is 3. The van der Waals surface area contributed by atoms with E-state index in [2.05, 4.69) is 5.32 Å². The minimum Gasteiger partial charge on any atom is -0.481 e. The molecule has 0 radical (unpaired) electrons. The molecular weight excluding hydrogens is 366 g/mol. The van der Waals surface area contributed by atoms with Crippen molar-refractivity contribution >= 4 is 29.8 Å². The number of nitrogens with one attached hydrogen (secondary N) is 1. The number of aliphatic hydroxyl groups excluding tert-OH is 1. The first-order valence-electron chi connectivity index (χ1n) is 8.12. The van der Waals surface area contributed by atoms with Crippen LogP contribution in [0.3, 0.4) is 0 Å². The highest BCUT2D eigenvalue weighted by molar-refractivity contribution is 5.96. The molecule has 0 heterocycles. The lowest BCUT2D eigenvalue weighted by Crippen LogP contribution is -2.50. The van der Waals surface area contributed by atoms with Crippen LogP contribution in [-0.4, -0.2) is 70.5 Å². The Morgan fingerprint density at radius 1 is 1.00 bits per heavy atom. The second-order valence-electron chi connectivity index (χ2n) is 6.41. The number of hydrogen-bond acceptors (Lipinski definition) is 8. The quantitative estimate of drug-likeness (QED) is 0.260. The van der Waals surface area contributed by atoms with E-state index < -0.39 is 60.2 Å². The van der Waals surface area contributed by atoms with Crippen LogP contribution in [0, 0.1) is 5.41 Å². The van der Waals surface area contributed by atoms with Gasteiger partial charge < -0.3 is 30.1 Å². The maximum absolute atomic E-state index is 11.9. The highest BCUT2D eigenvalue weighted by Gasteiger charge is 2.46. The molecule has 0 aromatic carbocycles. The molecule has 4 N–H and O–H groups in total. The van der Waals surface area contributed by atoms with Gasteiger partial charge in [0.25, 0.3) is 0 Å². The largest absolute Gasteiger partial charge is 0.481 e. The fourth-order valence-electron chi connectivity index (χ4n) is 1.87. The molecule has 0 atom stereocenters. The van der Waals surface area contributed by atoms with Crippen LogP contribution in [0.25, 0.3) is 0 Å². The summed E-state index contributed by atoms with van der Waals surface area (Å²) in [6.07, 6.45) is -3.01. The lowest BCUT2D eigenvalue weighted by atomic mass is 9.90. The predicted octanol–water partition coefficient (Wildman–Crippen LogP) is -0.0584. The van der Waals surface area contributed by atoms with Crippen LogP contribution in [0.5, 0.6) is 0 Å². The van der Waals surface area contributed by atoms with E-state index in [1.165, 1.54) is 0 Å². The molecule has 0 aromatic rings. The van der Waals surface area contributed by atoms with Gasteiger partial charge in [-0.3, -0.25) is 19.2 Å². The SMILES string of the molecule is CCC(C)(C)C(=O)OCCNC(=O)OC(CC(=O)O)(CC(=O)O)C(=O)CO. The van der Waals surface area contributed by atoms with E-state index in [0.29, 0.717) is 6.42 Å². The third-order valence-corrected chi connectivity index (χ3v) is 3.85. The van der Waals surface area contributed by atoms with E-state index in [0.717, 1.165) is 0 Å². The second kappa shape index (κ2) is 10.5. The third-order valence-electron chi connectivity index (χ3n) is 3.85. The number of carboxylic acids is 2. The van der Waals surface area contributed by atoms with Crippen molar-refractivity contribution in [3.63, 3.8) is 0 Å². The number of amides is 1. The number of alkyl carbamates (subject to hydrolysis) is 1. The molecule has 0 saturated carbocycles. The lowest BCUT2D eigenvalue weighted by molar-refractivity contribution is -0.159. The third kappa shape index (κ3) is 8.03. The summed E-state index contributed by atoms with van der Waals surface area (Å²) in [6.45, 7) is 3.54. The monoisotopic (exact) mass is 391 g/mol. The highest BCUT2D eigenvalue weighted by Crippen LogP contribution is 2.23. The van der Waals surface area contributed by atoms with E-state index in [-0.39, 0.29) is 13.2 Å². The van der Waals surface area contributed by atoms with Gasteiger partial charge in [-0.05, 0) is 20.3 Å². The first kappa shape index (κ1) is 24.3. The second-order valence-corrected chi connectivity index (χ2v) is 6.41. The summed E-state index contributed by atoms with van der Waals surface area (Å²) in [5, 5.41) is 28.9. The fraction of sp³-hybridized carbons (Fsp3) is 0.688. The number of esters is 1. The molecule has 0 unspecified atom stereocenters. The summed E-state index contributed by atoms with van der Waals surface area (Å²) in [6, 6.07) is 0. The molecule has 1 amide bonds. The first-order chi connectivity index (χ1) is 12.4. The number of carboxylic acid groups (broad SMARTS) is 2. The van der Waals surface area contributed by atoms with E-state index in [9.17, 15) is 24.0 Å². The summed E-state index contributed by atoms with van der Waals surface area (Å²) in [5.74, 6) is -4.94. The Labute approximate surface area is 155 Å². The number of hydrogen-bond donors (Lipinski definition) is 4. The van der Waals surface area contributed by atoms with E-state index in [1.54, 1.807) is 20.8 Å². The van der Waals surface area contributed by atoms with Crippen LogP contribution in [0.15, 0.2) is 0 Å². The number of aliphatic hydroxyl groups is 1. The summed E-state index contributed by atoms with van der Waals surface area (Å²) >= 11 is 0. The maximum Gasteiger partial charge on any atom is 0.408 e. The van der Waals surface area contributed by atoms with Gasteiger partial charge in [-0.25, -0.2) is 4.79 Å². The Morgan fingerprint density at radius 3 is 1.93 bits per heavy atom. The standard InChI is InChI=1S/C16H25NO10/c1-4-15(2,3)13(24)26-6-5-17-14(25)27-16(7-11(20)21,8-12(22)23)10(19)9-18/h18H,4-9H2,1-3H3,(H,17,25)(H,20,21)(H,22,23). The summed E-state index contributed by atoms with van der Waals surface area (Å²) in [4.78, 5) is 57.4. The van der Waals surface area contributed by atoms with Crippen LogP contribution in [-0.2, 0) is 28.7 Å². The molecule has 0 spiro atoms. The Balaban J connectivity index is 4.90. The average Bonchev–Trinajstić information content (AvgIpc) is 2.56. The normalized spacial score (nSPS) is 11.4. The van der Waals surface area contributed by atoms with Gasteiger partial charge in [0.1, 0.15) is 13.2 Å². The molecule has 0 aliphatic carbocycles. The zero-order valence-electron chi connectivity index (χ0n) is 15.4. The highest BCUT2D eigenvalue weighted by atomic mass is 16.6. The molecular formula is C16H25NO10. The first-order valence-corrected chi connectivity index (χ1v) is 8.12. The number of carbonyl (C=O) groups is 5. The van der Waals surface area contributed by atoms with Crippen LogP contribution < -0.4 is 5.32 Å². The van der Waals surface area contributed by atoms with Crippen molar-refractivity contribution in [3.8, 4) is 0 Å². The molecule has 0 fully saturated rings. The van der Waals surface area contributed by atoms with Gasteiger partial charge in [-0.2, -0.15) is 0 Å². The van der Waals surface area contributed by atoms with Crippen molar-refractivity contribution in [2.24, 2.45) is 5.41 Å². The van der Waals surface area contributed by atoms with Crippen LogP contribution in [0.1, 0.15) is 40.0 Å². The number of rotatable bonds is 12. The van der Waals surface area contributed by atoms with E-state index in [1.807, 2.05) is 0 Å². The minimum absolute atomic E-state index is 0.212. The molecule has 0 aromatic heterocycles. The van der Waals surface area contributed by atoms with Crippen LogP contribution >= 0.6 is 0 Å². The number of ketones is 1. The summed E-state index contributed by atoms with van der Waals surface area (Å²) in [7, 11) is 0. The van der Waals surface area contributed by atoms with Gasteiger partial charge in [-0.15, -0.1) is 0 Å². The van der Waals surface area contributed by atoms with E-state index >= 15 is 0 Å². The Kier molecular flexibility index (Phi) is 9.41. The zero-order valence-corrected chi connectivity index (χ0v) is 15.4. The van der Waals surface area contributed by atoms with Gasteiger partial charge in [-0.1, -0.05) is 6.92 Å². The van der Waals surface area contributed by atoms with Gasteiger partial charge in [0.15, 0.2) is 5.60 Å². The molecule has 154 valence electrons. The average molecular weight is 391 g/mol. The number of Topliss-reactive ketones (excluding diaryl/α,β-unsaturated/α-hetero) is 1. The van der Waals surface area contributed by atoms with Crippen molar-refractivity contribution in [3.05, 3.63) is 0 Å². The number of ether oxygens (including phenoxy) is 2. The lowest BCUT2D eigenvalue weighted by Gasteiger charge is -2.28. The fourth-order valence-corrected chi connectivity index (χ4v) is 1.87. The smallest absolute Gasteiger partial charge is 0.408 e. The number of aliphatic carboxylic acids is 2. The Bertz CT molecular complexity index is 568. The maximum atomic E-state index is 11.9. The molecule has 11 heteroatoms. The van der Waals surface area contributed by atoms with Crippen molar-refractivity contribution in [2.75, 3.05) is 19.8 Å². The van der Waals surface area contributed by atoms with Gasteiger partial charge in [0.2, 0.25) is 5.78 Å². The molecule has 0 aliphatic heterocycles. The predicted molar refractivity (Wildman–Crippen MR) is 88.8 cm³/mol. The van der Waals surface area contributed by atoms with Gasteiger partial charge in [0, 0.05) is 0 Å². The van der Waals surface area contributed by atoms with Crippen molar-refractivity contribution in [1.82, 2.24) is 5.32 Å². The van der Waals surface area contributed by atoms with Crippen molar-refractivity contribution in [1.29, 1.82) is 0 Å². The van der Waals surface area contributed by atoms with Crippen LogP contribution in [0.4, 0.5) is 4.79 Å².